The molecule has 2 aromatic rings. The summed E-state index contributed by atoms with van der Waals surface area (Å²) in [6.45, 7) is 0. The van der Waals surface area contributed by atoms with E-state index in [2.05, 4.69) is 11.1 Å². The summed E-state index contributed by atoms with van der Waals surface area (Å²) in [6.07, 6.45) is 3.96. The molecule has 0 unspecified atom stereocenters. The molecule has 1 aromatic carbocycles. The van der Waals surface area contributed by atoms with Crippen LogP contribution in [0.25, 0.3) is 10.9 Å². The molecule has 14 heavy (non-hydrogen) atoms. The average molecular weight is 187 g/mol. The van der Waals surface area contributed by atoms with Crippen LogP contribution in [0.2, 0.25) is 0 Å². The lowest BCUT2D eigenvalue weighted by Gasteiger charge is -2.23. The predicted octanol–water partition coefficient (Wildman–Crippen LogP) is 3.14. The molecule has 2 nitrogen and oxygen atoms in total. The Kier molecular flexibility index (Phi) is 1.57. The third-order valence-corrected chi connectivity index (χ3v) is 3.17. The zero-order chi connectivity index (χ0) is 9.54. The second-order valence-corrected chi connectivity index (χ2v) is 4.12. The smallest absolute Gasteiger partial charge is 0.116 e. The monoisotopic (exact) mass is 187 g/mol. The first-order valence-corrected chi connectivity index (χ1v) is 5.14. The lowest BCUT2D eigenvalue weighted by atomic mass is 9.83. The number of fused-ring (bicyclic) bond motifs is 1. The molecule has 0 aliphatic heterocycles. The van der Waals surface area contributed by atoms with E-state index in [9.17, 15) is 5.11 Å². The number of aromatic amines is 1. The van der Waals surface area contributed by atoms with Gasteiger partial charge in [-0.1, -0.05) is 6.42 Å². The van der Waals surface area contributed by atoms with Crippen LogP contribution < -0.4 is 0 Å². The maximum atomic E-state index is 9.34. The van der Waals surface area contributed by atoms with Gasteiger partial charge in [0.15, 0.2) is 0 Å². The fraction of sp³-hybridized carbons (Fsp3) is 0.333. The minimum Gasteiger partial charge on any atom is -0.508 e. The molecule has 0 spiro atoms. The minimum absolute atomic E-state index is 0.344. The molecule has 1 fully saturated rings. The van der Waals surface area contributed by atoms with Gasteiger partial charge in [0.25, 0.3) is 0 Å². The Balaban J connectivity index is 2.10. The number of nitrogens with one attached hydrogen (secondary N) is 1. The highest BCUT2D eigenvalue weighted by Gasteiger charge is 2.20. The topological polar surface area (TPSA) is 36.0 Å². The van der Waals surface area contributed by atoms with Gasteiger partial charge in [-0.15, -0.1) is 0 Å². The maximum Gasteiger partial charge on any atom is 0.116 e. The number of benzene rings is 1. The highest BCUT2D eigenvalue weighted by molar-refractivity contribution is 5.82. The number of phenolic OH excluding ortho intramolecular Hbond substituents is 1. The maximum absolute atomic E-state index is 9.34. The van der Waals surface area contributed by atoms with Crippen molar-refractivity contribution in [3.8, 4) is 5.75 Å². The van der Waals surface area contributed by atoms with Gasteiger partial charge < -0.3 is 10.1 Å². The van der Waals surface area contributed by atoms with E-state index in [0.29, 0.717) is 5.75 Å². The van der Waals surface area contributed by atoms with E-state index in [0.717, 1.165) is 16.8 Å². The molecule has 0 radical (unpaired) electrons. The summed E-state index contributed by atoms with van der Waals surface area (Å²) < 4.78 is 0. The van der Waals surface area contributed by atoms with Crippen molar-refractivity contribution >= 4 is 10.9 Å². The van der Waals surface area contributed by atoms with Crippen LogP contribution in [-0.4, -0.2) is 10.1 Å². The Bertz CT molecular complexity index is 468. The molecule has 1 heterocycles. The lowest BCUT2D eigenvalue weighted by molar-refractivity contribution is 0.413. The number of hydrogen-bond acceptors (Lipinski definition) is 1. The van der Waals surface area contributed by atoms with Crippen molar-refractivity contribution in [2.24, 2.45) is 0 Å². The molecule has 1 aliphatic carbocycles. The predicted molar refractivity (Wildman–Crippen MR) is 56.6 cm³/mol. The Morgan fingerprint density at radius 1 is 1.21 bits per heavy atom. The third kappa shape index (κ3) is 1.10. The second-order valence-electron chi connectivity index (χ2n) is 4.12. The number of aromatic nitrogens is 1. The van der Waals surface area contributed by atoms with Gasteiger partial charge in [-0.3, -0.25) is 0 Å². The van der Waals surface area contributed by atoms with E-state index < -0.39 is 0 Å². The summed E-state index contributed by atoms with van der Waals surface area (Å²) in [5.41, 5.74) is 2.46. The largest absolute Gasteiger partial charge is 0.508 e. The SMILES string of the molecule is Oc1ccc2[nH]c(C3CCC3)cc2c1. The van der Waals surface area contributed by atoms with Crippen LogP contribution in [0.5, 0.6) is 5.75 Å². The van der Waals surface area contributed by atoms with Crippen molar-refractivity contribution in [1.29, 1.82) is 0 Å². The number of H-pyrrole nitrogens is 1. The minimum atomic E-state index is 0.344. The summed E-state index contributed by atoms with van der Waals surface area (Å²) >= 11 is 0. The van der Waals surface area contributed by atoms with E-state index in [1.165, 1.54) is 25.0 Å². The zero-order valence-electron chi connectivity index (χ0n) is 7.96. The van der Waals surface area contributed by atoms with E-state index >= 15 is 0 Å². The zero-order valence-corrected chi connectivity index (χ0v) is 7.96. The van der Waals surface area contributed by atoms with Crippen molar-refractivity contribution in [2.45, 2.75) is 25.2 Å². The quantitative estimate of drug-likeness (QED) is 0.706. The van der Waals surface area contributed by atoms with Crippen LogP contribution in [0.15, 0.2) is 24.3 Å². The van der Waals surface area contributed by atoms with Gasteiger partial charge in [0.05, 0.1) is 0 Å². The normalized spacial score (nSPS) is 17.1. The molecule has 0 bridgehead atoms. The van der Waals surface area contributed by atoms with Crippen LogP contribution in [-0.2, 0) is 0 Å². The molecule has 2 heteroatoms. The molecule has 72 valence electrons. The summed E-state index contributed by atoms with van der Waals surface area (Å²) in [6, 6.07) is 7.64. The van der Waals surface area contributed by atoms with Crippen LogP contribution in [0.4, 0.5) is 0 Å². The Labute approximate surface area is 82.6 Å². The van der Waals surface area contributed by atoms with Gasteiger partial charge in [-0.05, 0) is 43.0 Å². The van der Waals surface area contributed by atoms with E-state index in [4.69, 9.17) is 0 Å². The van der Waals surface area contributed by atoms with Crippen molar-refractivity contribution in [3.05, 3.63) is 30.0 Å². The van der Waals surface area contributed by atoms with Gasteiger partial charge in [-0.2, -0.15) is 0 Å². The van der Waals surface area contributed by atoms with Gasteiger partial charge in [-0.25, -0.2) is 0 Å². The molecule has 1 saturated carbocycles. The van der Waals surface area contributed by atoms with E-state index in [1.807, 2.05) is 12.1 Å². The first kappa shape index (κ1) is 7.92. The van der Waals surface area contributed by atoms with Crippen molar-refractivity contribution < 1.29 is 5.11 Å². The molecule has 1 aliphatic rings. The standard InChI is InChI=1S/C12H13NO/c14-10-4-5-11-9(6-10)7-12(13-11)8-2-1-3-8/h4-8,13-14H,1-3H2. The number of hydrogen-bond donors (Lipinski definition) is 2. The molecule has 1 aromatic heterocycles. The Morgan fingerprint density at radius 2 is 2.07 bits per heavy atom. The highest BCUT2D eigenvalue weighted by atomic mass is 16.3. The second kappa shape index (κ2) is 2.77. The van der Waals surface area contributed by atoms with Gasteiger partial charge in [0.1, 0.15) is 5.75 Å². The average Bonchev–Trinajstić information content (AvgIpc) is 2.43. The number of rotatable bonds is 1. The molecule has 0 atom stereocenters. The molecule has 3 rings (SSSR count). The first-order chi connectivity index (χ1) is 6.83. The molecule has 0 saturated heterocycles. The fourth-order valence-corrected chi connectivity index (χ4v) is 2.08. The molecular formula is C12H13NO. The lowest BCUT2D eigenvalue weighted by Crippen LogP contribution is -2.08. The Morgan fingerprint density at radius 3 is 2.79 bits per heavy atom. The molecular weight excluding hydrogens is 174 g/mol. The summed E-state index contributed by atoms with van der Waals surface area (Å²) in [5.74, 6) is 1.07. The third-order valence-electron chi connectivity index (χ3n) is 3.17. The molecule has 0 amide bonds. The summed E-state index contributed by atoms with van der Waals surface area (Å²) in [5, 5.41) is 10.5. The van der Waals surface area contributed by atoms with Crippen molar-refractivity contribution in [1.82, 2.24) is 4.98 Å². The first-order valence-electron chi connectivity index (χ1n) is 5.14. The molecule has 2 N–H and O–H groups in total. The van der Waals surface area contributed by atoms with Crippen LogP contribution >= 0.6 is 0 Å². The van der Waals surface area contributed by atoms with Gasteiger partial charge in [0, 0.05) is 16.6 Å². The van der Waals surface area contributed by atoms with Crippen LogP contribution in [0.3, 0.4) is 0 Å². The van der Waals surface area contributed by atoms with E-state index in [1.54, 1.807) is 6.07 Å². The summed E-state index contributed by atoms with van der Waals surface area (Å²) in [7, 11) is 0. The van der Waals surface area contributed by atoms with Crippen molar-refractivity contribution in [2.75, 3.05) is 0 Å². The van der Waals surface area contributed by atoms with Gasteiger partial charge in [0.2, 0.25) is 0 Å². The highest BCUT2D eigenvalue weighted by Crippen LogP contribution is 2.37. The van der Waals surface area contributed by atoms with Crippen molar-refractivity contribution in [3.63, 3.8) is 0 Å². The number of phenols is 1. The van der Waals surface area contributed by atoms with Crippen LogP contribution in [0, 0.1) is 0 Å². The fourth-order valence-electron chi connectivity index (χ4n) is 2.08. The van der Waals surface area contributed by atoms with Crippen LogP contribution in [0.1, 0.15) is 30.9 Å². The number of aromatic hydroxyl groups is 1. The summed E-state index contributed by atoms with van der Waals surface area (Å²) in [4.78, 5) is 3.41. The Hall–Kier alpha value is -1.44. The van der Waals surface area contributed by atoms with E-state index in [-0.39, 0.29) is 0 Å². The van der Waals surface area contributed by atoms with Gasteiger partial charge >= 0.3 is 0 Å².